The minimum absolute atomic E-state index is 0.0789. The molecule has 11 heteroatoms. The molecule has 2 unspecified atom stereocenters. The highest BCUT2D eigenvalue weighted by atomic mass is 32.2. The van der Waals surface area contributed by atoms with E-state index in [0.717, 1.165) is 50.1 Å². The van der Waals surface area contributed by atoms with Gasteiger partial charge in [0.15, 0.2) is 0 Å². The third-order valence-electron chi connectivity index (χ3n) is 12.4. The molecule has 0 bridgehead atoms. The maximum atomic E-state index is 15.0. The Morgan fingerprint density at radius 2 is 0.838 bits per heavy atom. The maximum Gasteiger partial charge on any atom is 0.335 e. The summed E-state index contributed by atoms with van der Waals surface area (Å²) in [5, 5.41) is 33.4. The molecule has 0 aliphatic carbocycles. The molecule has 0 aliphatic heterocycles. The van der Waals surface area contributed by atoms with E-state index in [1.807, 2.05) is 36.4 Å². The molecule has 3 N–H and O–H groups in total. The monoisotopic (exact) mass is 981 g/mol. The predicted octanol–water partition coefficient (Wildman–Crippen LogP) is 14.9. The van der Waals surface area contributed by atoms with Gasteiger partial charge in [0.05, 0.1) is 31.2 Å². The summed E-state index contributed by atoms with van der Waals surface area (Å²) in [6.45, 7) is 41.3. The van der Waals surface area contributed by atoms with E-state index in [0.29, 0.717) is 42.9 Å². The zero-order chi connectivity index (χ0) is 52.2. The van der Waals surface area contributed by atoms with Crippen LogP contribution in [0.15, 0.2) is 36.4 Å². The smallest absolute Gasteiger partial charge is 0.335 e. The van der Waals surface area contributed by atoms with Gasteiger partial charge in [-0.15, -0.1) is 0 Å². The van der Waals surface area contributed by atoms with E-state index in [1.165, 1.54) is 0 Å². The molecule has 3 aromatic rings. The van der Waals surface area contributed by atoms with Gasteiger partial charge in [-0.3, -0.25) is 14.2 Å². The van der Waals surface area contributed by atoms with E-state index in [4.69, 9.17) is 13.8 Å². The quantitative estimate of drug-likeness (QED) is 0.0460. The van der Waals surface area contributed by atoms with Crippen molar-refractivity contribution in [2.75, 3.05) is 24.7 Å². The van der Waals surface area contributed by atoms with Crippen LogP contribution in [-0.4, -0.2) is 52.0 Å². The second kappa shape index (κ2) is 22.4. The van der Waals surface area contributed by atoms with Crippen molar-refractivity contribution >= 4 is 31.3 Å². The molecule has 3 rings (SSSR count). The zero-order valence-electron chi connectivity index (χ0n) is 45.6. The van der Waals surface area contributed by atoms with Gasteiger partial charge in [0.1, 0.15) is 17.2 Å². The van der Waals surface area contributed by atoms with Crippen molar-refractivity contribution in [3.8, 4) is 17.2 Å². The summed E-state index contributed by atoms with van der Waals surface area (Å²) in [5.74, 6) is -0.237. The van der Waals surface area contributed by atoms with Crippen LogP contribution in [0.3, 0.4) is 0 Å². The maximum absolute atomic E-state index is 15.0. The van der Waals surface area contributed by atoms with E-state index in [1.54, 1.807) is 25.6 Å². The van der Waals surface area contributed by atoms with Gasteiger partial charge in [-0.05, 0) is 122 Å². The summed E-state index contributed by atoms with van der Waals surface area (Å²) in [6.07, 6.45) is 1.69. The molecule has 0 amide bonds. The number of phenolic OH excluding ortho intramolecular Hbond substituents is 2. The predicted molar refractivity (Wildman–Crippen MR) is 284 cm³/mol. The van der Waals surface area contributed by atoms with E-state index in [9.17, 15) is 24.7 Å². The number of carbonyl (C=O) groups is 2. The number of esters is 1. The number of rotatable bonds is 19. The zero-order valence-corrected chi connectivity index (χ0v) is 47.3. The Morgan fingerprint density at radius 1 is 0.529 bits per heavy atom. The topological polar surface area (TPSA) is 140 Å². The Morgan fingerprint density at radius 3 is 1.15 bits per heavy atom. The Hall–Kier alpha value is -3.30. The van der Waals surface area contributed by atoms with Crippen LogP contribution in [0.2, 0.25) is 0 Å². The molecule has 0 spiro atoms. The number of ether oxygens (including phenoxy) is 1. The van der Waals surface area contributed by atoms with Gasteiger partial charge in [-0.1, -0.05) is 161 Å². The summed E-state index contributed by atoms with van der Waals surface area (Å²) in [6, 6.07) is 11.9. The molecular formula is C57H89O9PS. The normalized spacial score (nSPS) is 14.2. The van der Waals surface area contributed by atoms with Gasteiger partial charge >= 0.3 is 19.5 Å². The lowest BCUT2D eigenvalue weighted by molar-refractivity contribution is -0.142. The molecule has 68 heavy (non-hydrogen) atoms. The molecule has 0 radical (unpaired) electrons. The minimum Gasteiger partial charge on any atom is -0.507 e. The van der Waals surface area contributed by atoms with Crippen molar-refractivity contribution < 1.29 is 43.3 Å². The first-order valence-corrected chi connectivity index (χ1v) is 27.5. The van der Waals surface area contributed by atoms with Crippen LogP contribution in [0, 0.1) is 11.8 Å². The molecule has 0 heterocycles. The fourth-order valence-corrected chi connectivity index (χ4v) is 11.4. The van der Waals surface area contributed by atoms with E-state index >= 15 is 4.79 Å². The summed E-state index contributed by atoms with van der Waals surface area (Å²) in [5.41, 5.74) is 5.14. The molecule has 0 saturated carbocycles. The molecule has 0 saturated heterocycles. The molecule has 0 aliphatic rings. The lowest BCUT2D eigenvalue weighted by Gasteiger charge is -2.31. The van der Waals surface area contributed by atoms with Crippen molar-refractivity contribution in [1.82, 2.24) is 0 Å². The molecule has 2 atom stereocenters. The number of benzene rings is 3. The highest BCUT2D eigenvalue weighted by Crippen LogP contribution is 2.53. The van der Waals surface area contributed by atoms with Gasteiger partial charge in [0.2, 0.25) is 0 Å². The fraction of sp³-hybridized carbons (Fsp3) is 0.649. The van der Waals surface area contributed by atoms with Gasteiger partial charge in [-0.25, -0.2) is 0 Å². The van der Waals surface area contributed by atoms with Crippen molar-refractivity contribution in [2.45, 2.75) is 203 Å². The van der Waals surface area contributed by atoms with E-state index in [2.05, 4.69) is 125 Å². The SMILES string of the molecule is CCOP(=O)(Cc1cc(C(C)(C)C)c(OC(=O)C(CCSCCC(Cc2cc(C(C)(C)C)c(O)c(C(C)(C)C)c2)C(=O)O)Cc2cc(C(C)(C)C)c(O)c(C(C)(C)C)c2)c(C(C)(C)C)c1)OCC. The highest BCUT2D eigenvalue weighted by Gasteiger charge is 2.35. The Labute approximate surface area is 415 Å². The number of aliphatic carboxylic acids is 1. The number of thioether (sulfide) groups is 1. The highest BCUT2D eigenvalue weighted by molar-refractivity contribution is 7.99. The first-order valence-electron chi connectivity index (χ1n) is 24.7. The third-order valence-corrected chi connectivity index (χ3v) is 15.5. The molecule has 3 aromatic carbocycles. The first kappa shape index (κ1) is 59.0. The minimum atomic E-state index is -3.46. The lowest BCUT2D eigenvalue weighted by Crippen LogP contribution is -2.28. The fourth-order valence-electron chi connectivity index (χ4n) is 8.58. The van der Waals surface area contributed by atoms with Crippen molar-refractivity contribution in [1.29, 1.82) is 0 Å². The van der Waals surface area contributed by atoms with Gasteiger partial charge in [-0.2, -0.15) is 11.8 Å². The number of phenols is 2. The Bertz CT molecular complexity index is 2150. The van der Waals surface area contributed by atoms with Crippen molar-refractivity contribution in [3.05, 3.63) is 86.5 Å². The summed E-state index contributed by atoms with van der Waals surface area (Å²) < 4.78 is 32.0. The van der Waals surface area contributed by atoms with Gasteiger partial charge < -0.3 is 29.1 Å². The molecule has 0 fully saturated rings. The third kappa shape index (κ3) is 16.1. The average molecular weight is 981 g/mol. The number of carboxylic acid groups (broad SMARTS) is 1. The number of carbonyl (C=O) groups excluding carboxylic acids is 1. The second-order valence-electron chi connectivity index (χ2n) is 25.0. The van der Waals surface area contributed by atoms with Crippen LogP contribution >= 0.6 is 19.4 Å². The van der Waals surface area contributed by atoms with Gasteiger partial charge in [0.25, 0.3) is 0 Å². The van der Waals surface area contributed by atoms with Crippen LogP contribution in [0.1, 0.15) is 201 Å². The van der Waals surface area contributed by atoms with E-state index in [-0.39, 0.29) is 58.5 Å². The van der Waals surface area contributed by atoms with Crippen LogP contribution < -0.4 is 4.74 Å². The van der Waals surface area contributed by atoms with Crippen LogP contribution in [0.5, 0.6) is 17.2 Å². The Balaban J connectivity index is 2.08. The average Bonchev–Trinajstić information content (AvgIpc) is 3.15. The molecular weight excluding hydrogens is 892 g/mol. The van der Waals surface area contributed by atoms with Crippen molar-refractivity contribution in [2.24, 2.45) is 11.8 Å². The second-order valence-corrected chi connectivity index (χ2v) is 28.2. The standard InChI is InChI=1S/C57H89O9PS/c1-21-64-67(63,65-22-2)35-38-33-45(56(15,16)17)49(46(34-38)57(18,19)20)66-51(62)40(28-37-31-43(54(9,10)11)48(59)44(32-37)55(12,13)14)24-26-68-25-23-39(50(60)61)27-36-29-41(52(3,4)5)47(58)42(30-36)53(6,7)8/h29-34,39-40,58-59H,21-28,35H2,1-20H3,(H,60,61). The van der Waals surface area contributed by atoms with Crippen LogP contribution in [0.4, 0.5) is 0 Å². The number of hydrogen-bond donors (Lipinski definition) is 3. The number of aromatic hydroxyl groups is 2. The van der Waals surface area contributed by atoms with Gasteiger partial charge in [0, 0.05) is 11.1 Å². The van der Waals surface area contributed by atoms with Crippen LogP contribution in [-0.2, 0) is 74.7 Å². The van der Waals surface area contributed by atoms with E-state index < -0.39 is 36.2 Å². The molecule has 382 valence electrons. The summed E-state index contributed by atoms with van der Waals surface area (Å²) in [7, 11) is -3.46. The molecule has 0 aromatic heterocycles. The lowest BCUT2D eigenvalue weighted by atomic mass is 9.77. The largest absolute Gasteiger partial charge is 0.507 e. The summed E-state index contributed by atoms with van der Waals surface area (Å²) in [4.78, 5) is 27.8. The van der Waals surface area contributed by atoms with Crippen molar-refractivity contribution in [3.63, 3.8) is 0 Å². The summed E-state index contributed by atoms with van der Waals surface area (Å²) >= 11 is 1.64. The first-order chi connectivity index (χ1) is 30.8. The van der Waals surface area contributed by atoms with Crippen LogP contribution in [0.25, 0.3) is 0 Å². The molecule has 9 nitrogen and oxygen atoms in total. The number of carboxylic acids is 1. The Kier molecular flexibility index (Phi) is 19.5. The number of hydrogen-bond acceptors (Lipinski definition) is 9.